The second-order valence-corrected chi connectivity index (χ2v) is 11.7. The fourth-order valence-electron chi connectivity index (χ4n) is 6.14. The predicted molar refractivity (Wildman–Crippen MR) is 134 cm³/mol. The summed E-state index contributed by atoms with van der Waals surface area (Å²) in [7, 11) is 3.34. The van der Waals surface area contributed by atoms with Gasteiger partial charge in [-0.1, -0.05) is 24.3 Å². The van der Waals surface area contributed by atoms with E-state index in [0.29, 0.717) is 24.5 Å². The minimum atomic E-state index is -0.920. The van der Waals surface area contributed by atoms with Crippen molar-refractivity contribution < 1.29 is 24.2 Å². The number of methoxy groups -OCH3 is 1. The molecule has 0 aromatic heterocycles. The van der Waals surface area contributed by atoms with Crippen LogP contribution in [-0.2, 0) is 14.4 Å². The summed E-state index contributed by atoms with van der Waals surface area (Å²) in [6.07, 6.45) is 7.93. The molecule has 1 aromatic carbocycles. The van der Waals surface area contributed by atoms with Gasteiger partial charge in [0.05, 0.1) is 36.3 Å². The number of nitrogens with zero attached hydrogens (tertiary/aromatic N) is 3. The van der Waals surface area contributed by atoms with Crippen LogP contribution in [0.1, 0.15) is 13.8 Å². The number of hydrogen-bond donors (Lipinski definition) is 1. The van der Waals surface area contributed by atoms with Crippen molar-refractivity contribution in [3.05, 3.63) is 48.6 Å². The molecule has 0 saturated carbocycles. The van der Waals surface area contributed by atoms with Gasteiger partial charge >= 0.3 is 0 Å². The molecule has 4 heterocycles. The number of hydrogen-bond acceptors (Lipinski definition) is 6. The third-order valence-corrected chi connectivity index (χ3v) is 9.62. The fourth-order valence-corrected chi connectivity index (χ4v) is 8.28. The van der Waals surface area contributed by atoms with Crippen molar-refractivity contribution in [2.75, 3.05) is 38.8 Å². The lowest BCUT2D eigenvalue weighted by Gasteiger charge is -2.38. The van der Waals surface area contributed by atoms with Crippen LogP contribution in [0.2, 0.25) is 0 Å². The molecule has 35 heavy (non-hydrogen) atoms. The number of carbonyl (C=O) groups is 3. The van der Waals surface area contributed by atoms with Crippen LogP contribution >= 0.6 is 11.8 Å². The highest BCUT2D eigenvalue weighted by Crippen LogP contribution is 2.65. The van der Waals surface area contributed by atoms with Gasteiger partial charge in [-0.3, -0.25) is 14.4 Å². The van der Waals surface area contributed by atoms with Crippen molar-refractivity contribution in [2.24, 2.45) is 11.8 Å². The van der Waals surface area contributed by atoms with E-state index in [-0.39, 0.29) is 24.3 Å². The molecule has 186 valence electrons. The minimum Gasteiger partial charge on any atom is -0.497 e. The number of thioether (sulfide) groups is 1. The topological polar surface area (TPSA) is 90.4 Å². The normalized spacial score (nSPS) is 34.9. The maximum atomic E-state index is 14.3. The van der Waals surface area contributed by atoms with E-state index in [1.165, 1.54) is 4.90 Å². The van der Waals surface area contributed by atoms with Gasteiger partial charge in [0.2, 0.25) is 11.8 Å². The number of likely N-dealkylation sites (N-methyl/N-ethyl adjacent to an activating group) is 1. The molecule has 0 aliphatic carbocycles. The van der Waals surface area contributed by atoms with Crippen molar-refractivity contribution in [3.8, 4) is 5.75 Å². The first-order valence-electron chi connectivity index (χ1n) is 11.9. The Morgan fingerprint density at radius 1 is 1.06 bits per heavy atom. The summed E-state index contributed by atoms with van der Waals surface area (Å²) in [6, 6.07) is 5.83. The molecule has 1 spiro atoms. The van der Waals surface area contributed by atoms with Crippen molar-refractivity contribution in [1.82, 2.24) is 9.80 Å². The molecule has 0 bridgehead atoms. The summed E-state index contributed by atoms with van der Waals surface area (Å²) in [4.78, 5) is 46.8. The van der Waals surface area contributed by atoms with E-state index in [1.54, 1.807) is 54.8 Å². The third-order valence-electron chi connectivity index (χ3n) is 7.82. The summed E-state index contributed by atoms with van der Waals surface area (Å²) in [6.45, 7) is 4.30. The predicted octanol–water partition coefficient (Wildman–Crippen LogP) is 1.69. The first kappa shape index (κ1) is 23.9. The lowest BCUT2D eigenvalue weighted by molar-refractivity contribution is -0.144. The number of ether oxygens (including phenoxy) is 1. The molecule has 4 aliphatic heterocycles. The van der Waals surface area contributed by atoms with Gasteiger partial charge in [-0.15, -0.1) is 11.8 Å². The third kappa shape index (κ3) is 3.35. The summed E-state index contributed by atoms with van der Waals surface area (Å²) in [5.74, 6) is -1.17. The highest BCUT2D eigenvalue weighted by molar-refractivity contribution is 8.02. The zero-order valence-electron chi connectivity index (χ0n) is 20.4. The smallest absolute Gasteiger partial charge is 0.251 e. The number of aliphatic hydroxyl groups excluding tert-OH is 1. The van der Waals surface area contributed by atoms with Gasteiger partial charge in [-0.25, -0.2) is 0 Å². The average Bonchev–Trinajstić information content (AvgIpc) is 3.14. The van der Waals surface area contributed by atoms with Crippen LogP contribution in [0, 0.1) is 11.8 Å². The van der Waals surface area contributed by atoms with Crippen molar-refractivity contribution >= 4 is 35.2 Å². The number of rotatable bonds is 4. The highest BCUT2D eigenvalue weighted by atomic mass is 32.2. The van der Waals surface area contributed by atoms with E-state index >= 15 is 0 Å². The summed E-state index contributed by atoms with van der Waals surface area (Å²) < 4.78 is 3.71. The quantitative estimate of drug-likeness (QED) is 0.637. The number of carbonyl (C=O) groups excluding carboxylic acids is 3. The molecule has 1 N–H and O–H groups in total. The lowest BCUT2D eigenvalue weighted by Crippen LogP contribution is -2.56. The van der Waals surface area contributed by atoms with Gasteiger partial charge in [0, 0.05) is 30.6 Å². The van der Waals surface area contributed by atoms with Crippen LogP contribution in [0.15, 0.2) is 48.6 Å². The van der Waals surface area contributed by atoms with E-state index in [0.717, 1.165) is 0 Å². The number of anilines is 1. The Balaban J connectivity index is 1.65. The number of amides is 3. The zero-order valence-corrected chi connectivity index (χ0v) is 21.2. The molecule has 2 fully saturated rings. The lowest BCUT2D eigenvalue weighted by atomic mass is 9.74. The molecule has 9 heteroatoms. The van der Waals surface area contributed by atoms with E-state index in [4.69, 9.17) is 4.74 Å². The van der Waals surface area contributed by atoms with Gasteiger partial charge in [0.25, 0.3) is 5.91 Å². The maximum absolute atomic E-state index is 14.3. The first-order chi connectivity index (χ1) is 16.7. The summed E-state index contributed by atoms with van der Waals surface area (Å²) in [5, 5.41) is 10.0. The number of aliphatic hydroxyl groups is 1. The van der Waals surface area contributed by atoms with Gasteiger partial charge in [-0.2, -0.15) is 0 Å². The molecule has 0 radical (unpaired) electrons. The molecule has 3 amide bonds. The minimum absolute atomic E-state index is 0.0883. The van der Waals surface area contributed by atoms with Crippen LogP contribution in [0.4, 0.5) is 5.69 Å². The standard InChI is InChI=1S/C26H31N3O5S/c1-16(15-30)29-21-24(33)28(17-7-9-18(34-4)10-8-17)14-6-12-26(21)20(23(29)32)19-22(31)27(3)13-5-11-25(19,2)35-26/h5-12,16,19-21,30H,13-15H2,1-4H3/t16-,19+,20+,21?,25-,26+/m1/s1. The SMILES string of the molecule is COc1ccc(N2CC=C[C@]34S[C@]5(C)C=CCN(C)C(=O)[C@@H]5[C@H]3C(=O)N([C@H](C)CO)C4C2=O)cc1. The number of fused-ring (bicyclic) bond motifs is 2. The van der Waals surface area contributed by atoms with Crippen molar-refractivity contribution in [1.29, 1.82) is 0 Å². The number of benzene rings is 1. The van der Waals surface area contributed by atoms with Crippen molar-refractivity contribution in [3.63, 3.8) is 0 Å². The Kier molecular flexibility index (Phi) is 5.75. The number of likely N-dealkylation sites (tertiary alicyclic amines) is 1. The van der Waals surface area contributed by atoms with E-state index in [1.807, 2.05) is 43.4 Å². The van der Waals surface area contributed by atoms with Gasteiger partial charge in [-0.05, 0) is 38.1 Å². The highest BCUT2D eigenvalue weighted by Gasteiger charge is 2.74. The Morgan fingerprint density at radius 3 is 2.40 bits per heavy atom. The Hall–Kier alpha value is -2.78. The van der Waals surface area contributed by atoms with Gasteiger partial charge in [0.1, 0.15) is 11.8 Å². The summed E-state index contributed by atoms with van der Waals surface area (Å²) >= 11 is 1.54. The second-order valence-electron chi connectivity index (χ2n) is 9.94. The monoisotopic (exact) mass is 497 g/mol. The first-order valence-corrected chi connectivity index (χ1v) is 12.7. The average molecular weight is 498 g/mol. The molecular formula is C26H31N3O5S. The molecule has 5 rings (SSSR count). The van der Waals surface area contributed by atoms with Gasteiger partial charge < -0.3 is 24.5 Å². The molecular weight excluding hydrogens is 466 g/mol. The second kappa shape index (κ2) is 8.41. The zero-order chi connectivity index (χ0) is 25.1. The largest absolute Gasteiger partial charge is 0.497 e. The van der Waals surface area contributed by atoms with Crippen LogP contribution < -0.4 is 9.64 Å². The van der Waals surface area contributed by atoms with Crippen LogP contribution in [0.25, 0.3) is 0 Å². The van der Waals surface area contributed by atoms with Crippen LogP contribution in [0.3, 0.4) is 0 Å². The molecule has 1 unspecified atom stereocenters. The van der Waals surface area contributed by atoms with E-state index in [2.05, 4.69) is 0 Å². The molecule has 4 aliphatic rings. The van der Waals surface area contributed by atoms with Crippen LogP contribution in [0.5, 0.6) is 5.75 Å². The summed E-state index contributed by atoms with van der Waals surface area (Å²) in [5.41, 5.74) is 0.698. The van der Waals surface area contributed by atoms with E-state index in [9.17, 15) is 19.5 Å². The molecule has 1 aromatic rings. The van der Waals surface area contributed by atoms with E-state index < -0.39 is 33.4 Å². The maximum Gasteiger partial charge on any atom is 0.251 e. The van der Waals surface area contributed by atoms with Crippen molar-refractivity contribution in [2.45, 2.75) is 35.4 Å². The Morgan fingerprint density at radius 2 is 1.74 bits per heavy atom. The molecule has 6 atom stereocenters. The Labute approximate surface area is 209 Å². The van der Waals surface area contributed by atoms with Gasteiger partial charge in [0.15, 0.2) is 0 Å². The molecule has 8 nitrogen and oxygen atoms in total. The molecule has 2 saturated heterocycles. The van der Waals surface area contributed by atoms with Crippen LogP contribution in [-0.4, -0.2) is 88.1 Å². The fraction of sp³-hybridized carbons (Fsp3) is 0.500. The Bertz CT molecular complexity index is 1120.